The molecular weight excluding hydrogens is 405 g/mol. The van der Waals surface area contributed by atoms with Gasteiger partial charge in [-0.3, -0.25) is 9.69 Å². The number of likely N-dealkylation sites (tertiary alicyclic amines) is 1. The summed E-state index contributed by atoms with van der Waals surface area (Å²) in [5.74, 6) is 0.848. The highest BCUT2D eigenvalue weighted by atomic mass is 19.4. The first kappa shape index (κ1) is 21.7. The van der Waals surface area contributed by atoms with Gasteiger partial charge in [-0.15, -0.1) is 0 Å². The first-order valence-corrected chi connectivity index (χ1v) is 10.6. The molecule has 0 aromatic heterocycles. The van der Waals surface area contributed by atoms with Crippen molar-refractivity contribution in [1.29, 1.82) is 0 Å². The lowest BCUT2D eigenvalue weighted by Gasteiger charge is -2.31. The predicted molar refractivity (Wildman–Crippen MR) is 112 cm³/mol. The number of carbonyl (C=O) groups is 1. The molecule has 2 fully saturated rings. The largest absolute Gasteiger partial charge is 0.496 e. The van der Waals surface area contributed by atoms with Crippen LogP contribution in [-0.4, -0.2) is 30.0 Å². The Morgan fingerprint density at radius 2 is 1.90 bits per heavy atom. The third-order valence-electron chi connectivity index (χ3n) is 6.44. The molecular formula is C24H27F3N2O2. The quantitative estimate of drug-likeness (QED) is 0.739. The van der Waals surface area contributed by atoms with Gasteiger partial charge in [0, 0.05) is 36.7 Å². The Bertz CT molecular complexity index is 943. The molecule has 1 amide bonds. The Morgan fingerprint density at radius 3 is 2.58 bits per heavy atom. The predicted octanol–water partition coefficient (Wildman–Crippen LogP) is 5.01. The molecule has 166 valence electrons. The molecule has 0 saturated carbocycles. The van der Waals surface area contributed by atoms with E-state index in [2.05, 4.69) is 10.2 Å². The van der Waals surface area contributed by atoms with Crippen molar-refractivity contribution in [2.75, 3.05) is 7.11 Å². The maximum absolute atomic E-state index is 13.0. The van der Waals surface area contributed by atoms with Crippen molar-refractivity contribution >= 4 is 5.91 Å². The Morgan fingerprint density at radius 1 is 1.16 bits per heavy atom. The number of alkyl halides is 3. The molecule has 2 heterocycles. The molecule has 0 radical (unpaired) electrons. The number of hydrogen-bond acceptors (Lipinski definition) is 3. The van der Waals surface area contributed by atoms with Crippen LogP contribution in [0, 0.1) is 6.92 Å². The van der Waals surface area contributed by atoms with Gasteiger partial charge in [0.25, 0.3) is 0 Å². The molecule has 2 aromatic carbocycles. The zero-order chi connectivity index (χ0) is 22.2. The lowest BCUT2D eigenvalue weighted by Crippen LogP contribution is -2.42. The zero-order valence-electron chi connectivity index (χ0n) is 17.7. The molecule has 4 nitrogen and oxygen atoms in total. The zero-order valence-corrected chi connectivity index (χ0v) is 17.7. The summed E-state index contributed by atoms with van der Waals surface area (Å²) < 4.78 is 44.7. The molecule has 2 aliphatic heterocycles. The van der Waals surface area contributed by atoms with Crippen LogP contribution in [0.15, 0.2) is 42.5 Å². The highest BCUT2D eigenvalue weighted by molar-refractivity contribution is 5.76. The Labute approximate surface area is 180 Å². The van der Waals surface area contributed by atoms with E-state index in [0.717, 1.165) is 47.4 Å². The van der Waals surface area contributed by atoms with Crippen molar-refractivity contribution in [3.8, 4) is 5.75 Å². The normalized spacial score (nSPS) is 24.4. The number of nitrogens with one attached hydrogen (secondary N) is 1. The topological polar surface area (TPSA) is 41.6 Å². The molecule has 3 atom stereocenters. The standard InChI is InChI=1S/C24H27F3N2O2/c1-15-6-7-17(22(12-15)31-2)14-29-20-4-3-5-23(30)28-19(20)13-21(29)16-8-10-18(11-9-16)24(25,26)27/h6-12,19-21H,3-5,13-14H2,1-2H3,(H,28,30)/t19-,20+,21+/m0/s1. The number of aryl methyl sites for hydroxylation is 1. The van der Waals surface area contributed by atoms with Gasteiger partial charge in [0.2, 0.25) is 5.91 Å². The number of nitrogens with zero attached hydrogens (tertiary/aromatic N) is 1. The number of hydrogen-bond donors (Lipinski definition) is 1. The van der Waals surface area contributed by atoms with Crippen LogP contribution in [0.4, 0.5) is 13.2 Å². The fraction of sp³-hybridized carbons (Fsp3) is 0.458. The monoisotopic (exact) mass is 432 g/mol. The summed E-state index contributed by atoms with van der Waals surface area (Å²) in [6.45, 7) is 2.61. The summed E-state index contributed by atoms with van der Waals surface area (Å²) in [5, 5.41) is 3.14. The molecule has 0 aliphatic carbocycles. The summed E-state index contributed by atoms with van der Waals surface area (Å²) in [7, 11) is 1.64. The maximum atomic E-state index is 13.0. The molecule has 0 unspecified atom stereocenters. The number of methoxy groups -OCH3 is 1. The van der Waals surface area contributed by atoms with Gasteiger partial charge in [-0.05, 0) is 55.5 Å². The first-order chi connectivity index (χ1) is 14.8. The second-order valence-corrected chi connectivity index (χ2v) is 8.49. The van der Waals surface area contributed by atoms with E-state index < -0.39 is 11.7 Å². The van der Waals surface area contributed by atoms with Gasteiger partial charge in [0.1, 0.15) is 5.75 Å². The molecule has 2 aromatic rings. The SMILES string of the molecule is COc1cc(C)ccc1CN1[C@@H](c2ccc(C(F)(F)F)cc2)C[C@@H]2NC(=O)CCC[C@H]21. The molecule has 7 heteroatoms. The van der Waals surface area contributed by atoms with Crippen molar-refractivity contribution in [3.63, 3.8) is 0 Å². The van der Waals surface area contributed by atoms with Crippen molar-refractivity contribution < 1.29 is 22.7 Å². The Kier molecular flexibility index (Phi) is 5.97. The smallest absolute Gasteiger partial charge is 0.416 e. The van der Waals surface area contributed by atoms with Crippen molar-refractivity contribution in [1.82, 2.24) is 10.2 Å². The van der Waals surface area contributed by atoms with E-state index in [-0.39, 0.29) is 24.0 Å². The number of benzene rings is 2. The van der Waals surface area contributed by atoms with Gasteiger partial charge in [-0.25, -0.2) is 0 Å². The number of ether oxygens (including phenoxy) is 1. The lowest BCUT2D eigenvalue weighted by atomic mass is 10.0. The van der Waals surface area contributed by atoms with Crippen molar-refractivity contribution in [2.45, 2.75) is 63.5 Å². The summed E-state index contributed by atoms with van der Waals surface area (Å²) in [5.41, 5.74) is 2.31. The van der Waals surface area contributed by atoms with E-state index in [0.29, 0.717) is 19.4 Å². The molecule has 2 saturated heterocycles. The van der Waals surface area contributed by atoms with Crippen LogP contribution in [0.25, 0.3) is 0 Å². The van der Waals surface area contributed by atoms with Gasteiger partial charge in [0.15, 0.2) is 0 Å². The van der Waals surface area contributed by atoms with E-state index in [4.69, 9.17) is 4.74 Å². The van der Waals surface area contributed by atoms with Gasteiger partial charge < -0.3 is 10.1 Å². The van der Waals surface area contributed by atoms with Crippen LogP contribution in [0.2, 0.25) is 0 Å². The minimum Gasteiger partial charge on any atom is -0.496 e. The fourth-order valence-electron chi connectivity index (χ4n) is 4.90. The van der Waals surface area contributed by atoms with Crippen molar-refractivity contribution in [3.05, 3.63) is 64.7 Å². The summed E-state index contributed by atoms with van der Waals surface area (Å²) >= 11 is 0. The minimum atomic E-state index is -4.36. The third-order valence-corrected chi connectivity index (χ3v) is 6.44. The lowest BCUT2D eigenvalue weighted by molar-refractivity contribution is -0.137. The molecule has 2 aliphatic rings. The summed E-state index contributed by atoms with van der Waals surface area (Å²) in [6.07, 6.45) is -1.50. The van der Waals surface area contributed by atoms with Crippen LogP contribution >= 0.6 is 0 Å². The highest BCUT2D eigenvalue weighted by Crippen LogP contribution is 2.42. The van der Waals surface area contributed by atoms with E-state index >= 15 is 0 Å². The minimum absolute atomic E-state index is 0.0151. The van der Waals surface area contributed by atoms with E-state index in [9.17, 15) is 18.0 Å². The Hall–Kier alpha value is -2.54. The number of rotatable bonds is 4. The fourth-order valence-corrected chi connectivity index (χ4v) is 4.90. The second kappa shape index (κ2) is 8.54. The second-order valence-electron chi connectivity index (χ2n) is 8.49. The summed E-state index contributed by atoms with van der Waals surface area (Å²) in [6, 6.07) is 11.5. The average molecular weight is 432 g/mol. The first-order valence-electron chi connectivity index (χ1n) is 10.6. The maximum Gasteiger partial charge on any atom is 0.416 e. The molecule has 1 N–H and O–H groups in total. The van der Waals surface area contributed by atoms with Gasteiger partial charge in [0.05, 0.1) is 12.7 Å². The number of fused-ring (bicyclic) bond motifs is 1. The highest BCUT2D eigenvalue weighted by Gasteiger charge is 2.43. The molecule has 31 heavy (non-hydrogen) atoms. The van der Waals surface area contributed by atoms with Gasteiger partial charge >= 0.3 is 6.18 Å². The van der Waals surface area contributed by atoms with Crippen LogP contribution < -0.4 is 10.1 Å². The van der Waals surface area contributed by atoms with Gasteiger partial charge in [-0.2, -0.15) is 13.2 Å². The van der Waals surface area contributed by atoms with Gasteiger partial charge in [-0.1, -0.05) is 24.3 Å². The van der Waals surface area contributed by atoms with Crippen LogP contribution in [0.1, 0.15) is 54.0 Å². The Balaban J connectivity index is 1.68. The number of halogens is 3. The molecule has 0 spiro atoms. The third kappa shape index (κ3) is 4.56. The van der Waals surface area contributed by atoms with Crippen molar-refractivity contribution in [2.24, 2.45) is 0 Å². The summed E-state index contributed by atoms with van der Waals surface area (Å²) in [4.78, 5) is 14.5. The van der Waals surface area contributed by atoms with E-state index in [1.54, 1.807) is 19.2 Å². The number of amides is 1. The van der Waals surface area contributed by atoms with Crippen LogP contribution in [-0.2, 0) is 17.5 Å². The van der Waals surface area contributed by atoms with Crippen LogP contribution in [0.5, 0.6) is 5.75 Å². The number of carbonyl (C=O) groups excluding carboxylic acids is 1. The molecule has 4 rings (SSSR count). The van der Waals surface area contributed by atoms with E-state index in [1.807, 2.05) is 25.1 Å². The average Bonchev–Trinajstić information content (AvgIpc) is 2.93. The van der Waals surface area contributed by atoms with E-state index in [1.165, 1.54) is 0 Å². The van der Waals surface area contributed by atoms with Crippen LogP contribution in [0.3, 0.4) is 0 Å². The molecule has 0 bridgehead atoms.